The van der Waals surface area contributed by atoms with Gasteiger partial charge in [-0.3, -0.25) is 19.3 Å². The van der Waals surface area contributed by atoms with Crippen LogP contribution in [0.15, 0.2) is 94.0 Å². The number of rotatable bonds is 14. The Labute approximate surface area is 352 Å². The summed E-state index contributed by atoms with van der Waals surface area (Å²) >= 11 is 0. The van der Waals surface area contributed by atoms with E-state index in [1.54, 1.807) is 18.2 Å². The zero-order chi connectivity index (χ0) is 43.5. The van der Waals surface area contributed by atoms with E-state index >= 15 is 0 Å². The Bertz CT molecular complexity index is 2390. The minimum atomic E-state index is -0.801. The first-order valence-corrected chi connectivity index (χ1v) is 20.0. The number of nitrogens with zero attached hydrogens (tertiary/aromatic N) is 5. The van der Waals surface area contributed by atoms with Gasteiger partial charge in [-0.1, -0.05) is 80.5 Å². The van der Waals surface area contributed by atoms with Gasteiger partial charge in [-0.25, -0.2) is 8.78 Å². The van der Waals surface area contributed by atoms with Crippen molar-refractivity contribution in [1.82, 2.24) is 30.5 Å². The number of aromatic nitrogens is 4. The molecule has 4 heterocycles. The third-order valence-electron chi connectivity index (χ3n) is 9.93. The van der Waals surface area contributed by atoms with Crippen LogP contribution in [0.4, 0.5) is 8.78 Å². The first kappa shape index (κ1) is 44.1. The summed E-state index contributed by atoms with van der Waals surface area (Å²) in [6.45, 7) is 12.1. The monoisotopic (exact) mass is 834 g/mol. The van der Waals surface area contributed by atoms with Gasteiger partial charge in [0.2, 0.25) is 11.6 Å². The molecule has 2 aromatic heterocycles. The van der Waals surface area contributed by atoms with Gasteiger partial charge in [-0.2, -0.15) is 9.97 Å². The molecule has 2 aliphatic rings. The van der Waals surface area contributed by atoms with Crippen LogP contribution in [-0.4, -0.2) is 81.3 Å². The van der Waals surface area contributed by atoms with Crippen LogP contribution in [-0.2, 0) is 33.7 Å². The van der Waals surface area contributed by atoms with Gasteiger partial charge in [0.15, 0.2) is 6.29 Å². The van der Waals surface area contributed by atoms with Crippen molar-refractivity contribution in [3.63, 3.8) is 0 Å². The van der Waals surface area contributed by atoms with Gasteiger partial charge >= 0.3 is 5.97 Å². The lowest BCUT2D eigenvalue weighted by atomic mass is 9.99. The van der Waals surface area contributed by atoms with Gasteiger partial charge < -0.3 is 24.2 Å². The Morgan fingerprint density at radius 3 is 1.66 bits per heavy atom. The highest BCUT2D eigenvalue weighted by Crippen LogP contribution is 2.27. The normalized spacial score (nSPS) is 14.0. The number of ether oxygens (including phenoxy) is 1. The van der Waals surface area contributed by atoms with E-state index in [0.29, 0.717) is 78.5 Å². The maximum Gasteiger partial charge on any atom is 0.309 e. The van der Waals surface area contributed by atoms with E-state index in [2.05, 4.69) is 70.2 Å². The number of aliphatic carboxylic acids is 1. The maximum absolute atomic E-state index is 14.6. The molecule has 6 aromatic rings. The summed E-state index contributed by atoms with van der Waals surface area (Å²) in [5.74, 6) is 0.436. The van der Waals surface area contributed by atoms with E-state index in [9.17, 15) is 23.2 Å². The fourth-order valence-electron chi connectivity index (χ4n) is 6.54. The van der Waals surface area contributed by atoms with E-state index in [-0.39, 0.29) is 29.2 Å². The molecule has 2 N–H and O–H groups in total. The van der Waals surface area contributed by atoms with E-state index in [4.69, 9.17) is 14.2 Å². The molecule has 0 saturated carbocycles. The largest absolute Gasteiger partial charge is 0.481 e. The predicted molar refractivity (Wildman–Crippen MR) is 223 cm³/mol. The van der Waals surface area contributed by atoms with Crippen LogP contribution in [0.25, 0.3) is 45.7 Å². The number of hydrogen-bond acceptors (Lipinski definition) is 12. The Hall–Kier alpha value is -6.45. The first-order valence-electron chi connectivity index (χ1n) is 20.0. The minimum absolute atomic E-state index is 0.00297. The number of nitrogens with one attached hydrogen (secondary N) is 1. The number of carboxylic acid groups (broad SMARTS) is 1. The molecule has 2 fully saturated rings. The van der Waals surface area contributed by atoms with Crippen LogP contribution < -0.4 is 5.32 Å². The molecule has 8 rings (SSSR count). The molecular weight excluding hydrogens is 787 g/mol. The van der Waals surface area contributed by atoms with Gasteiger partial charge in [0.25, 0.3) is 18.3 Å². The lowest BCUT2D eigenvalue weighted by Gasteiger charge is -2.36. The molecule has 4 aromatic carbocycles. The number of hydrogen-bond donors (Lipinski definition) is 2. The van der Waals surface area contributed by atoms with Crippen molar-refractivity contribution in [2.75, 3.05) is 26.2 Å². The second-order valence-corrected chi connectivity index (χ2v) is 15.8. The van der Waals surface area contributed by atoms with Gasteiger partial charge in [0.05, 0.1) is 11.5 Å². The summed E-state index contributed by atoms with van der Waals surface area (Å²) in [5, 5.41) is 19.8. The fourth-order valence-corrected chi connectivity index (χ4v) is 6.54. The SMILES string of the molecule is CC(C)Cc1ccc(-c2nc(-c3ccc(C=O)c(F)c3)no2)cc1.CC(C)Cc1ccc(-c2nc(-c3ccc(CN4CC(C(=O)O)C4)c(F)c3)no2)cc1.O=COC1CNC1. The second kappa shape index (κ2) is 20.7. The topological polar surface area (TPSA) is 174 Å². The molecule has 61 heavy (non-hydrogen) atoms. The highest BCUT2D eigenvalue weighted by atomic mass is 19.1. The molecule has 0 radical (unpaired) electrons. The number of likely N-dealkylation sites (tertiary alicyclic amines) is 1. The van der Waals surface area contributed by atoms with Gasteiger partial charge in [0.1, 0.15) is 17.7 Å². The summed E-state index contributed by atoms with van der Waals surface area (Å²) in [6, 6.07) is 25.0. The van der Waals surface area contributed by atoms with Crippen LogP contribution in [0.1, 0.15) is 54.7 Å². The molecule has 0 unspecified atom stereocenters. The van der Waals surface area contributed by atoms with E-state index < -0.39 is 11.8 Å². The molecular formula is C46H48F2N6O7. The molecule has 318 valence electrons. The highest BCUT2D eigenvalue weighted by Gasteiger charge is 2.32. The third-order valence-corrected chi connectivity index (χ3v) is 9.93. The van der Waals surface area contributed by atoms with Crippen molar-refractivity contribution in [2.24, 2.45) is 17.8 Å². The van der Waals surface area contributed by atoms with Gasteiger partial charge in [0, 0.05) is 60.5 Å². The fraction of sp³-hybridized carbons (Fsp3) is 0.326. The van der Waals surface area contributed by atoms with Crippen LogP contribution >= 0.6 is 0 Å². The lowest BCUT2D eigenvalue weighted by molar-refractivity contribution is -0.147. The summed E-state index contributed by atoms with van der Waals surface area (Å²) in [5.41, 5.74) is 5.66. The minimum Gasteiger partial charge on any atom is -0.481 e. The Kier molecular flexibility index (Phi) is 15.0. The molecule has 2 aliphatic heterocycles. The maximum atomic E-state index is 14.6. The zero-order valence-electron chi connectivity index (χ0n) is 34.4. The molecule has 13 nitrogen and oxygen atoms in total. The summed E-state index contributed by atoms with van der Waals surface area (Å²) in [4.78, 5) is 41.7. The number of halogens is 2. The second-order valence-electron chi connectivity index (χ2n) is 15.8. The van der Waals surface area contributed by atoms with Crippen LogP contribution in [0, 0.1) is 29.4 Å². The lowest BCUT2D eigenvalue weighted by Crippen LogP contribution is -2.49. The molecule has 2 saturated heterocycles. The Balaban J connectivity index is 0.000000179. The summed E-state index contributed by atoms with van der Waals surface area (Å²) < 4.78 is 43.4. The zero-order valence-corrected chi connectivity index (χ0v) is 34.4. The number of carbonyl (C=O) groups excluding carboxylic acids is 2. The Morgan fingerprint density at radius 2 is 1.26 bits per heavy atom. The molecule has 0 aliphatic carbocycles. The standard InChI is InChI=1S/C23H24FN3O3.C19H17FN2O2.C4H7NO2/c1-14(2)9-15-3-5-16(6-4-15)22-25-21(26-30-22)17-7-8-18(20(24)10-17)11-27-12-19(13-27)23(28)29;1-12(2)9-13-3-5-14(6-4-13)19-21-18(22-24-19)15-7-8-16(11-23)17(20)10-15;6-3-7-4-1-5-2-4/h3-8,10,14,19H,9,11-13H2,1-2H3,(H,28,29);3-8,10-12H,9H2,1-2H3;3-5H,1-2H2. The quantitative estimate of drug-likeness (QED) is 0.101. The Morgan fingerprint density at radius 1 is 0.770 bits per heavy atom. The third kappa shape index (κ3) is 12.1. The van der Waals surface area contributed by atoms with E-state index in [1.165, 1.54) is 29.3 Å². The number of benzene rings is 4. The number of carbonyl (C=O) groups is 3. The van der Waals surface area contributed by atoms with Crippen molar-refractivity contribution in [3.05, 3.63) is 119 Å². The van der Waals surface area contributed by atoms with Gasteiger partial charge in [-0.15, -0.1) is 0 Å². The van der Waals surface area contributed by atoms with Crippen LogP contribution in [0.5, 0.6) is 0 Å². The summed E-state index contributed by atoms with van der Waals surface area (Å²) in [7, 11) is 0. The average molecular weight is 835 g/mol. The van der Waals surface area contributed by atoms with Crippen molar-refractivity contribution in [1.29, 1.82) is 0 Å². The summed E-state index contributed by atoms with van der Waals surface area (Å²) in [6.07, 6.45) is 2.64. The van der Waals surface area contributed by atoms with E-state index in [1.807, 2.05) is 41.3 Å². The number of aldehydes is 1. The van der Waals surface area contributed by atoms with Gasteiger partial charge in [-0.05, 0) is 78.3 Å². The molecule has 0 bridgehead atoms. The molecule has 0 amide bonds. The molecule has 15 heteroatoms. The van der Waals surface area contributed by atoms with Crippen molar-refractivity contribution >= 4 is 18.7 Å². The van der Waals surface area contributed by atoms with E-state index in [0.717, 1.165) is 37.1 Å². The molecule has 0 spiro atoms. The van der Waals surface area contributed by atoms with Crippen molar-refractivity contribution in [2.45, 2.75) is 53.2 Å². The first-order chi connectivity index (χ1) is 29.4. The predicted octanol–water partition coefficient (Wildman–Crippen LogP) is 7.94. The average Bonchev–Trinajstić information content (AvgIpc) is 3.90. The van der Waals surface area contributed by atoms with Crippen molar-refractivity contribution < 1.29 is 42.1 Å². The molecule has 0 atom stereocenters. The van der Waals surface area contributed by atoms with Crippen LogP contribution in [0.2, 0.25) is 0 Å². The smallest absolute Gasteiger partial charge is 0.309 e. The highest BCUT2D eigenvalue weighted by molar-refractivity contribution is 5.77. The van der Waals surface area contributed by atoms with Crippen LogP contribution in [0.3, 0.4) is 0 Å². The number of carboxylic acids is 1. The van der Waals surface area contributed by atoms with Crippen molar-refractivity contribution in [3.8, 4) is 45.7 Å².